The summed E-state index contributed by atoms with van der Waals surface area (Å²) in [6.07, 6.45) is 6.33. The molecule has 0 saturated heterocycles. The second-order valence-electron chi connectivity index (χ2n) is 13.0. The first-order valence-corrected chi connectivity index (χ1v) is 17.5. The molecule has 2 aromatic carbocycles. The Kier molecular flexibility index (Phi) is 16.0. The van der Waals surface area contributed by atoms with Crippen LogP contribution in [0.1, 0.15) is 92.2 Å². The SMILES string of the molecule is C=C=O.CCNc1ccc(C(CC(=O)C2CCC2CC)c2ccc(C)c(CN(C)CC(CC)Oc3ncccc3COC)c2)c(C)c1NN. The van der Waals surface area contributed by atoms with Crippen LogP contribution >= 0.6 is 0 Å². The molecule has 4 atom stereocenters. The highest BCUT2D eigenvalue weighted by Crippen LogP contribution is 2.42. The minimum absolute atomic E-state index is 0.0153. The lowest BCUT2D eigenvalue weighted by Crippen LogP contribution is -2.33. The number of likely N-dealkylation sites (N-methyl/N-ethyl adjacent to an activating group) is 1. The van der Waals surface area contributed by atoms with Crippen LogP contribution in [-0.4, -0.2) is 55.0 Å². The molecule has 9 nitrogen and oxygen atoms in total. The summed E-state index contributed by atoms with van der Waals surface area (Å²) in [6.45, 7) is 16.2. The van der Waals surface area contributed by atoms with Crippen LogP contribution in [0.3, 0.4) is 0 Å². The van der Waals surface area contributed by atoms with Crippen LogP contribution < -0.4 is 21.3 Å². The Morgan fingerprint density at radius 1 is 1.14 bits per heavy atom. The number of rotatable bonds is 18. The minimum Gasteiger partial charge on any atom is -0.473 e. The number of aromatic nitrogens is 1. The van der Waals surface area contributed by atoms with Crippen LogP contribution in [-0.2, 0) is 27.5 Å². The normalized spacial score (nSPS) is 16.4. The Labute approximate surface area is 293 Å². The van der Waals surface area contributed by atoms with Gasteiger partial charge < -0.3 is 20.2 Å². The van der Waals surface area contributed by atoms with E-state index in [4.69, 9.17) is 20.1 Å². The first-order valence-electron chi connectivity index (χ1n) is 17.5. The number of nitrogens with one attached hydrogen (secondary N) is 2. The number of hydrogen-bond donors (Lipinski definition) is 3. The van der Waals surface area contributed by atoms with Crippen molar-refractivity contribution in [1.82, 2.24) is 9.88 Å². The molecule has 4 unspecified atom stereocenters. The van der Waals surface area contributed by atoms with Crippen LogP contribution in [0.2, 0.25) is 0 Å². The van der Waals surface area contributed by atoms with Crippen LogP contribution in [0, 0.1) is 25.7 Å². The molecule has 266 valence electrons. The number of hydrogen-bond acceptors (Lipinski definition) is 9. The van der Waals surface area contributed by atoms with Gasteiger partial charge in [0.2, 0.25) is 5.88 Å². The third kappa shape index (κ3) is 10.5. The summed E-state index contributed by atoms with van der Waals surface area (Å²) in [5, 5.41) is 3.41. The lowest BCUT2D eigenvalue weighted by atomic mass is 9.68. The van der Waals surface area contributed by atoms with Crippen molar-refractivity contribution in [3.05, 3.63) is 88.6 Å². The smallest absolute Gasteiger partial charge is 0.219 e. The fourth-order valence-electron chi connectivity index (χ4n) is 6.86. The molecular weight excluding hydrogens is 614 g/mol. The van der Waals surface area contributed by atoms with Gasteiger partial charge in [-0.2, -0.15) is 0 Å². The number of nitrogens with zero attached hydrogens (tertiary/aromatic N) is 2. The van der Waals surface area contributed by atoms with Gasteiger partial charge in [0.1, 0.15) is 17.8 Å². The summed E-state index contributed by atoms with van der Waals surface area (Å²) in [4.78, 5) is 29.2. The molecule has 3 aromatic rings. The molecule has 4 rings (SSSR count). The third-order valence-corrected chi connectivity index (χ3v) is 9.77. The maximum absolute atomic E-state index is 13.8. The molecule has 1 aliphatic carbocycles. The van der Waals surface area contributed by atoms with Crippen molar-refractivity contribution in [2.45, 2.75) is 91.9 Å². The van der Waals surface area contributed by atoms with Crippen molar-refractivity contribution in [3.8, 4) is 5.88 Å². The van der Waals surface area contributed by atoms with Crippen LogP contribution in [0.25, 0.3) is 0 Å². The number of carbonyl (C=O) groups excluding carboxylic acids is 2. The number of Topliss-reactive ketones (excluding diaryl/α,β-unsaturated/α-hetero) is 1. The summed E-state index contributed by atoms with van der Waals surface area (Å²) in [5.74, 6) is 8.93. The molecule has 1 aromatic heterocycles. The molecule has 0 radical (unpaired) electrons. The Morgan fingerprint density at radius 3 is 2.51 bits per heavy atom. The van der Waals surface area contributed by atoms with Gasteiger partial charge >= 0.3 is 0 Å². The lowest BCUT2D eigenvalue weighted by Gasteiger charge is -2.36. The highest BCUT2D eigenvalue weighted by Gasteiger charge is 2.36. The topological polar surface area (TPSA) is 119 Å². The Bertz CT molecular complexity index is 1540. The molecule has 9 heteroatoms. The number of pyridine rings is 1. The van der Waals surface area contributed by atoms with E-state index in [0.717, 1.165) is 78.9 Å². The number of aryl methyl sites for hydroxylation is 1. The average molecular weight is 672 g/mol. The van der Waals surface area contributed by atoms with E-state index in [0.29, 0.717) is 30.6 Å². The third-order valence-electron chi connectivity index (χ3n) is 9.77. The van der Waals surface area contributed by atoms with Gasteiger partial charge in [0.25, 0.3) is 0 Å². The fraction of sp³-hybridized carbons (Fsp3) is 0.500. The van der Waals surface area contributed by atoms with E-state index in [-0.39, 0.29) is 17.9 Å². The Morgan fingerprint density at radius 2 is 1.90 bits per heavy atom. The lowest BCUT2D eigenvalue weighted by molar-refractivity contribution is -0.128. The standard InChI is InChI=1S/C38H55N5O3.C2H2O/c1-8-27-15-16-33(27)36(44)21-34(32-17-18-35(40-10-3)37(42-39)26(32)5)28-14-13-25(4)30(20-28)22-43(6)23-31(9-2)46-38-29(24-45-7)12-11-19-41-38;1-2-3/h11-14,17-20,27,31,33-34,40,42H,8-10,15-16,21-24,39H2,1-7H3;1H2. The number of ketones is 1. The van der Waals surface area contributed by atoms with Crippen molar-refractivity contribution in [2.75, 3.05) is 38.0 Å². The predicted octanol–water partition coefficient (Wildman–Crippen LogP) is 7.38. The molecular formula is C40H57N5O4. The molecule has 0 bridgehead atoms. The highest BCUT2D eigenvalue weighted by molar-refractivity contribution is 5.84. The van der Waals surface area contributed by atoms with E-state index in [2.05, 4.69) is 99.2 Å². The zero-order valence-electron chi connectivity index (χ0n) is 30.6. The van der Waals surface area contributed by atoms with Gasteiger partial charge in [0.15, 0.2) is 0 Å². The van der Waals surface area contributed by atoms with Gasteiger partial charge in [-0.25, -0.2) is 9.78 Å². The van der Waals surface area contributed by atoms with E-state index in [1.54, 1.807) is 13.3 Å². The van der Waals surface area contributed by atoms with Crippen molar-refractivity contribution in [2.24, 2.45) is 17.7 Å². The second-order valence-corrected chi connectivity index (χ2v) is 13.0. The van der Waals surface area contributed by atoms with Crippen LogP contribution in [0.5, 0.6) is 5.88 Å². The number of ether oxygens (including phenoxy) is 2. The zero-order valence-corrected chi connectivity index (χ0v) is 30.6. The van der Waals surface area contributed by atoms with E-state index < -0.39 is 0 Å². The molecule has 4 N–H and O–H groups in total. The first-order chi connectivity index (χ1) is 23.6. The summed E-state index contributed by atoms with van der Waals surface area (Å²) in [6, 6.07) is 14.9. The molecule has 1 saturated carbocycles. The van der Waals surface area contributed by atoms with Crippen LogP contribution in [0.4, 0.5) is 11.4 Å². The van der Waals surface area contributed by atoms with Crippen molar-refractivity contribution in [1.29, 1.82) is 0 Å². The number of anilines is 2. The van der Waals surface area contributed by atoms with E-state index >= 15 is 0 Å². The van der Waals surface area contributed by atoms with Gasteiger partial charge in [-0.1, -0.05) is 44.5 Å². The monoisotopic (exact) mass is 671 g/mol. The van der Waals surface area contributed by atoms with E-state index in [1.165, 1.54) is 17.1 Å². The van der Waals surface area contributed by atoms with Gasteiger partial charge in [0.05, 0.1) is 18.0 Å². The van der Waals surface area contributed by atoms with Gasteiger partial charge in [0, 0.05) is 56.8 Å². The summed E-state index contributed by atoms with van der Waals surface area (Å²) < 4.78 is 11.7. The number of methoxy groups -OCH3 is 1. The van der Waals surface area contributed by atoms with E-state index in [1.807, 2.05) is 12.1 Å². The number of nitrogen functional groups attached to an aromatic ring is 1. The summed E-state index contributed by atoms with van der Waals surface area (Å²) in [7, 11) is 3.82. The molecule has 1 aliphatic rings. The maximum atomic E-state index is 13.8. The second kappa shape index (κ2) is 19.9. The number of hydrazine groups is 1. The van der Waals surface area contributed by atoms with Crippen LogP contribution in [0.15, 0.2) is 55.2 Å². The first kappa shape index (κ1) is 39.4. The van der Waals surface area contributed by atoms with Gasteiger partial charge in [-0.3, -0.25) is 15.5 Å². The number of benzene rings is 2. The largest absolute Gasteiger partial charge is 0.473 e. The van der Waals surface area contributed by atoms with Crippen molar-refractivity contribution >= 4 is 23.1 Å². The van der Waals surface area contributed by atoms with Gasteiger partial charge in [-0.05, 0) is 106 Å². The average Bonchev–Trinajstić information content (AvgIpc) is 3.06. The quantitative estimate of drug-likeness (QED) is 0.0723. The highest BCUT2D eigenvalue weighted by atomic mass is 16.5. The molecule has 0 spiro atoms. The molecule has 0 aliphatic heterocycles. The Hall–Kier alpha value is -4.01. The Balaban J connectivity index is 0.00000209. The summed E-state index contributed by atoms with van der Waals surface area (Å²) >= 11 is 0. The maximum Gasteiger partial charge on any atom is 0.219 e. The number of carbonyl (C=O) groups is 1. The summed E-state index contributed by atoms with van der Waals surface area (Å²) in [5.41, 5.74) is 11.6. The number of nitrogens with two attached hydrogens (primary N) is 1. The molecule has 49 heavy (non-hydrogen) atoms. The van der Waals surface area contributed by atoms with Crippen molar-refractivity contribution in [3.63, 3.8) is 0 Å². The molecule has 0 amide bonds. The minimum atomic E-state index is -0.0619. The predicted molar refractivity (Wildman–Crippen MR) is 200 cm³/mol. The molecule has 1 fully saturated rings. The van der Waals surface area contributed by atoms with Crippen molar-refractivity contribution < 1.29 is 19.1 Å². The van der Waals surface area contributed by atoms with Gasteiger partial charge in [-0.15, -0.1) is 0 Å². The molecule has 1 heterocycles. The zero-order chi connectivity index (χ0) is 35.9. The fourth-order valence-corrected chi connectivity index (χ4v) is 6.86. The van der Waals surface area contributed by atoms with E-state index in [9.17, 15) is 4.79 Å².